The van der Waals surface area contributed by atoms with Crippen LogP contribution in [0.3, 0.4) is 0 Å². The van der Waals surface area contributed by atoms with E-state index in [1.807, 2.05) is 0 Å². The topological polar surface area (TPSA) is 38.9 Å². The minimum absolute atomic E-state index is 0.125. The number of hydrogen-bond donors (Lipinski definition) is 0. The molecule has 3 nitrogen and oxygen atoms in total. The summed E-state index contributed by atoms with van der Waals surface area (Å²) in [5, 5.41) is 8.70. The van der Waals surface area contributed by atoms with Gasteiger partial charge in [0.1, 0.15) is 0 Å². The first-order valence-corrected chi connectivity index (χ1v) is 11.0. The van der Waals surface area contributed by atoms with Crippen molar-refractivity contribution in [2.24, 2.45) is 5.92 Å². The van der Waals surface area contributed by atoms with Crippen LogP contribution in [0.1, 0.15) is 78.5 Å². The van der Waals surface area contributed by atoms with Crippen LogP contribution in [0.2, 0.25) is 0 Å². The Hall–Kier alpha value is -2.42. The van der Waals surface area contributed by atoms with Crippen molar-refractivity contribution in [3.63, 3.8) is 0 Å². The number of nitrogens with zero attached hydrogens (tertiary/aromatic N) is 2. The largest absolute Gasteiger partial charge is 0.416 e. The molecule has 1 aliphatic rings. The maximum Gasteiger partial charge on any atom is 0.248 e. The summed E-state index contributed by atoms with van der Waals surface area (Å²) in [4.78, 5) is 0. The molecule has 0 spiro atoms. The minimum atomic E-state index is 0.125. The van der Waals surface area contributed by atoms with Crippen LogP contribution in [0.25, 0.3) is 22.9 Å². The molecule has 0 saturated heterocycles. The normalized spacial score (nSPS) is 20.6. The summed E-state index contributed by atoms with van der Waals surface area (Å²) in [5.41, 5.74) is 6.58. The van der Waals surface area contributed by atoms with Crippen molar-refractivity contribution in [1.82, 2.24) is 10.2 Å². The highest BCUT2D eigenvalue weighted by atomic mass is 16.4. The molecule has 0 radical (unpaired) electrons. The molecule has 1 heterocycles. The van der Waals surface area contributed by atoms with Gasteiger partial charge in [-0.2, -0.15) is 0 Å². The number of fused-ring (bicyclic) bond motifs is 1. The molecule has 4 rings (SSSR count). The molecule has 30 heavy (non-hydrogen) atoms. The van der Waals surface area contributed by atoms with Crippen molar-refractivity contribution in [2.75, 3.05) is 0 Å². The third-order valence-electron chi connectivity index (χ3n) is 7.12. The second-order valence-corrected chi connectivity index (χ2v) is 11.1. The molecule has 0 aliphatic heterocycles. The van der Waals surface area contributed by atoms with Crippen molar-refractivity contribution >= 4 is 0 Å². The van der Waals surface area contributed by atoms with E-state index in [1.54, 1.807) is 0 Å². The van der Waals surface area contributed by atoms with Gasteiger partial charge >= 0.3 is 0 Å². The van der Waals surface area contributed by atoms with Gasteiger partial charge in [-0.25, -0.2) is 0 Å². The molecular weight excluding hydrogens is 368 g/mol. The van der Waals surface area contributed by atoms with Gasteiger partial charge in [-0.3, -0.25) is 0 Å². The monoisotopic (exact) mass is 402 g/mol. The van der Waals surface area contributed by atoms with Gasteiger partial charge in [-0.05, 0) is 69.5 Å². The SMILES string of the molecule is CC(C)C1(C)CC(C)(C)c2ccc(-c3nnc(-c4ccc(C(C)(C)C)cc4)o3)cc21. The van der Waals surface area contributed by atoms with Crippen LogP contribution in [0.4, 0.5) is 0 Å². The van der Waals surface area contributed by atoms with Gasteiger partial charge in [-0.15, -0.1) is 10.2 Å². The Bertz CT molecular complexity index is 1070. The highest BCUT2D eigenvalue weighted by Crippen LogP contribution is 2.53. The molecule has 3 heteroatoms. The first kappa shape index (κ1) is 20.8. The van der Waals surface area contributed by atoms with Gasteiger partial charge in [0.05, 0.1) is 0 Å². The van der Waals surface area contributed by atoms with E-state index in [9.17, 15) is 0 Å². The maximum absolute atomic E-state index is 6.10. The third-order valence-corrected chi connectivity index (χ3v) is 7.12. The zero-order valence-corrected chi connectivity index (χ0v) is 19.6. The Morgan fingerprint density at radius 1 is 0.833 bits per heavy atom. The van der Waals surface area contributed by atoms with Gasteiger partial charge in [0.15, 0.2) is 0 Å². The Morgan fingerprint density at radius 3 is 1.97 bits per heavy atom. The van der Waals surface area contributed by atoms with Gasteiger partial charge in [0.2, 0.25) is 11.8 Å². The summed E-state index contributed by atoms with van der Waals surface area (Å²) in [5.74, 6) is 1.72. The molecular formula is C27H34N2O. The fourth-order valence-corrected chi connectivity index (χ4v) is 4.93. The van der Waals surface area contributed by atoms with E-state index >= 15 is 0 Å². The molecule has 0 saturated carbocycles. The number of rotatable bonds is 3. The van der Waals surface area contributed by atoms with E-state index in [0.717, 1.165) is 17.5 Å². The molecule has 1 unspecified atom stereocenters. The molecule has 158 valence electrons. The lowest BCUT2D eigenvalue weighted by molar-refractivity contribution is 0.290. The lowest BCUT2D eigenvalue weighted by atomic mass is 9.72. The van der Waals surface area contributed by atoms with Crippen molar-refractivity contribution in [3.05, 3.63) is 59.2 Å². The minimum Gasteiger partial charge on any atom is -0.416 e. The second kappa shape index (κ2) is 6.80. The molecule has 2 aromatic carbocycles. The summed E-state index contributed by atoms with van der Waals surface area (Å²) in [7, 11) is 0. The summed E-state index contributed by atoms with van der Waals surface area (Å²) < 4.78 is 6.10. The first-order valence-electron chi connectivity index (χ1n) is 11.0. The average molecular weight is 403 g/mol. The van der Waals surface area contributed by atoms with Gasteiger partial charge < -0.3 is 4.42 Å². The molecule has 1 aromatic heterocycles. The smallest absolute Gasteiger partial charge is 0.248 e. The van der Waals surface area contributed by atoms with Crippen LogP contribution < -0.4 is 0 Å². The van der Waals surface area contributed by atoms with E-state index in [0.29, 0.717) is 17.7 Å². The standard InChI is InChI=1S/C27H34N2O/c1-17(2)27(8)16-26(6,7)21-14-11-19(15-22(21)27)24-29-28-23(30-24)18-9-12-20(13-10-18)25(3,4)5/h9-15,17H,16H2,1-8H3. The van der Waals surface area contributed by atoms with Gasteiger partial charge in [0, 0.05) is 11.1 Å². The number of benzene rings is 2. The molecule has 0 bridgehead atoms. The highest BCUT2D eigenvalue weighted by Gasteiger charge is 2.46. The van der Waals surface area contributed by atoms with Crippen LogP contribution in [0.15, 0.2) is 46.9 Å². The summed E-state index contributed by atoms with van der Waals surface area (Å²) >= 11 is 0. The fraction of sp³-hybridized carbons (Fsp3) is 0.481. The zero-order valence-electron chi connectivity index (χ0n) is 19.6. The van der Waals surface area contributed by atoms with E-state index in [1.165, 1.54) is 16.7 Å². The Morgan fingerprint density at radius 2 is 1.40 bits per heavy atom. The fourth-order valence-electron chi connectivity index (χ4n) is 4.93. The molecule has 1 atom stereocenters. The van der Waals surface area contributed by atoms with Crippen LogP contribution in [-0.4, -0.2) is 10.2 Å². The van der Waals surface area contributed by atoms with Crippen molar-refractivity contribution in [3.8, 4) is 22.9 Å². The van der Waals surface area contributed by atoms with Gasteiger partial charge in [-0.1, -0.05) is 73.6 Å². The Kier molecular flexibility index (Phi) is 4.72. The Balaban J connectivity index is 1.70. The highest BCUT2D eigenvalue weighted by molar-refractivity contribution is 5.62. The predicted molar refractivity (Wildman–Crippen MR) is 124 cm³/mol. The quantitative estimate of drug-likeness (QED) is 0.461. The molecule has 0 fully saturated rings. The lowest BCUT2D eigenvalue weighted by Crippen LogP contribution is -2.27. The van der Waals surface area contributed by atoms with E-state index in [2.05, 4.69) is 108 Å². The van der Waals surface area contributed by atoms with Crippen molar-refractivity contribution < 1.29 is 4.42 Å². The van der Waals surface area contributed by atoms with E-state index in [-0.39, 0.29) is 16.2 Å². The van der Waals surface area contributed by atoms with Crippen molar-refractivity contribution in [1.29, 1.82) is 0 Å². The average Bonchev–Trinajstić information content (AvgIpc) is 3.23. The van der Waals surface area contributed by atoms with Crippen LogP contribution in [-0.2, 0) is 16.2 Å². The van der Waals surface area contributed by atoms with Crippen LogP contribution in [0.5, 0.6) is 0 Å². The zero-order chi connectivity index (χ0) is 21.9. The number of hydrogen-bond acceptors (Lipinski definition) is 3. The van der Waals surface area contributed by atoms with Crippen molar-refractivity contribution in [2.45, 2.75) is 78.1 Å². The number of aromatic nitrogens is 2. The first-order chi connectivity index (χ1) is 13.9. The molecule has 3 aromatic rings. The lowest BCUT2D eigenvalue weighted by Gasteiger charge is -2.32. The van der Waals surface area contributed by atoms with Gasteiger partial charge in [0.25, 0.3) is 0 Å². The summed E-state index contributed by atoms with van der Waals surface area (Å²) in [6.07, 6.45) is 1.16. The van der Waals surface area contributed by atoms with Crippen LogP contribution in [0, 0.1) is 5.92 Å². The summed E-state index contributed by atoms with van der Waals surface area (Å²) in [6.45, 7) is 18.4. The van der Waals surface area contributed by atoms with E-state index < -0.39 is 0 Å². The second-order valence-electron chi connectivity index (χ2n) is 11.1. The molecule has 0 N–H and O–H groups in total. The predicted octanol–water partition coefficient (Wildman–Crippen LogP) is 7.30. The summed E-state index contributed by atoms with van der Waals surface area (Å²) in [6, 6.07) is 15.1. The maximum atomic E-state index is 6.10. The van der Waals surface area contributed by atoms with E-state index in [4.69, 9.17) is 4.42 Å². The Labute approximate surface area is 180 Å². The van der Waals surface area contributed by atoms with Crippen LogP contribution >= 0.6 is 0 Å². The third kappa shape index (κ3) is 3.38. The molecule has 1 aliphatic carbocycles. The molecule has 0 amide bonds.